The number of benzene rings is 2. The van der Waals surface area contributed by atoms with Crippen LogP contribution in [0.25, 0.3) is 0 Å². The zero-order chi connectivity index (χ0) is 26.7. The van der Waals surface area contributed by atoms with Crippen LogP contribution in [0.15, 0.2) is 77.2 Å². The Bertz CT molecular complexity index is 1230. The van der Waals surface area contributed by atoms with Crippen LogP contribution in [-0.4, -0.2) is 29.8 Å². The topological polar surface area (TPSA) is 123 Å². The SMILES string of the molecule is Nc1ccccc1NC(=O)CCCCNC(=O)C1=CC(c2ccsc2)CC(OCc2ccc(CO)cc2)O1. The summed E-state index contributed by atoms with van der Waals surface area (Å²) in [6.45, 7) is 0.749. The molecule has 1 aliphatic rings. The van der Waals surface area contributed by atoms with Gasteiger partial charge in [0.2, 0.25) is 12.2 Å². The lowest BCUT2D eigenvalue weighted by molar-refractivity contribution is -0.150. The molecule has 2 atom stereocenters. The van der Waals surface area contributed by atoms with E-state index in [1.54, 1.807) is 23.5 Å². The molecule has 0 saturated heterocycles. The highest BCUT2D eigenvalue weighted by Gasteiger charge is 2.29. The minimum atomic E-state index is -0.572. The molecule has 0 fully saturated rings. The van der Waals surface area contributed by atoms with Gasteiger partial charge in [-0.05, 0) is 64.6 Å². The van der Waals surface area contributed by atoms with Crippen LogP contribution in [0.3, 0.4) is 0 Å². The molecule has 38 heavy (non-hydrogen) atoms. The number of ether oxygens (including phenoxy) is 2. The third kappa shape index (κ3) is 7.92. The molecular weight excluding hydrogens is 502 g/mol. The highest BCUT2D eigenvalue weighted by molar-refractivity contribution is 7.08. The number of aliphatic hydroxyl groups excluding tert-OH is 1. The first-order valence-corrected chi connectivity index (χ1v) is 13.6. The van der Waals surface area contributed by atoms with Gasteiger partial charge in [0.25, 0.3) is 5.91 Å². The number of nitrogens with two attached hydrogens (primary N) is 1. The summed E-state index contributed by atoms with van der Waals surface area (Å²) in [5.41, 5.74) is 9.90. The number of carbonyl (C=O) groups is 2. The van der Waals surface area contributed by atoms with Crippen molar-refractivity contribution < 1.29 is 24.2 Å². The second-order valence-electron chi connectivity index (χ2n) is 9.11. The second kappa shape index (κ2) is 13.8. The Morgan fingerprint density at radius 1 is 1.08 bits per heavy atom. The minimum Gasteiger partial charge on any atom is -0.459 e. The Balaban J connectivity index is 1.25. The first-order valence-electron chi connectivity index (χ1n) is 12.6. The number of unbranched alkanes of at least 4 members (excludes halogenated alkanes) is 1. The molecule has 0 aliphatic carbocycles. The van der Waals surface area contributed by atoms with Crippen molar-refractivity contribution in [1.29, 1.82) is 0 Å². The average Bonchev–Trinajstić information content (AvgIpc) is 3.48. The zero-order valence-electron chi connectivity index (χ0n) is 21.1. The first-order chi connectivity index (χ1) is 18.5. The van der Waals surface area contributed by atoms with Crippen molar-refractivity contribution in [3.63, 3.8) is 0 Å². The summed E-state index contributed by atoms with van der Waals surface area (Å²) in [5, 5.41) is 19.0. The van der Waals surface area contributed by atoms with Crippen molar-refractivity contribution in [2.45, 2.75) is 51.1 Å². The van der Waals surface area contributed by atoms with Crippen molar-refractivity contribution in [2.24, 2.45) is 0 Å². The van der Waals surface area contributed by atoms with E-state index in [1.807, 2.05) is 53.9 Å². The summed E-state index contributed by atoms with van der Waals surface area (Å²) in [4.78, 5) is 25.1. The molecule has 0 saturated carbocycles. The van der Waals surface area contributed by atoms with Gasteiger partial charge in [0.1, 0.15) is 0 Å². The number of para-hydroxylation sites is 2. The van der Waals surface area contributed by atoms with Crippen LogP contribution in [-0.2, 0) is 32.3 Å². The molecule has 2 heterocycles. The van der Waals surface area contributed by atoms with Gasteiger partial charge >= 0.3 is 0 Å². The predicted octanol–water partition coefficient (Wildman–Crippen LogP) is 4.68. The highest BCUT2D eigenvalue weighted by Crippen LogP contribution is 2.33. The summed E-state index contributed by atoms with van der Waals surface area (Å²) in [6.07, 6.45) is 3.48. The van der Waals surface area contributed by atoms with Crippen molar-refractivity contribution in [3.05, 3.63) is 93.9 Å². The highest BCUT2D eigenvalue weighted by atomic mass is 32.1. The van der Waals surface area contributed by atoms with Crippen LogP contribution < -0.4 is 16.4 Å². The lowest BCUT2D eigenvalue weighted by Crippen LogP contribution is -2.33. The molecule has 9 heteroatoms. The van der Waals surface area contributed by atoms with Gasteiger partial charge < -0.3 is 30.9 Å². The van der Waals surface area contributed by atoms with Crippen LogP contribution in [0.4, 0.5) is 11.4 Å². The van der Waals surface area contributed by atoms with E-state index in [4.69, 9.17) is 15.2 Å². The number of thiophene rings is 1. The van der Waals surface area contributed by atoms with Crippen LogP contribution in [0.2, 0.25) is 0 Å². The number of hydrogen-bond acceptors (Lipinski definition) is 7. The maximum atomic E-state index is 12.9. The fraction of sp³-hybridized carbons (Fsp3) is 0.310. The number of rotatable bonds is 12. The van der Waals surface area contributed by atoms with E-state index in [0.717, 1.165) is 16.7 Å². The summed E-state index contributed by atoms with van der Waals surface area (Å²) in [5.74, 6) is -0.165. The van der Waals surface area contributed by atoms with Gasteiger partial charge in [0.15, 0.2) is 5.76 Å². The molecule has 1 aliphatic heterocycles. The van der Waals surface area contributed by atoms with Crippen LogP contribution in [0.5, 0.6) is 0 Å². The molecule has 3 aromatic rings. The summed E-state index contributed by atoms with van der Waals surface area (Å²) < 4.78 is 12.0. The van der Waals surface area contributed by atoms with Crippen molar-refractivity contribution in [1.82, 2.24) is 5.32 Å². The summed E-state index contributed by atoms with van der Waals surface area (Å²) in [7, 11) is 0. The molecule has 5 N–H and O–H groups in total. The van der Waals surface area contributed by atoms with E-state index in [9.17, 15) is 14.7 Å². The molecule has 200 valence electrons. The summed E-state index contributed by atoms with van der Waals surface area (Å²) >= 11 is 1.61. The van der Waals surface area contributed by atoms with Gasteiger partial charge in [-0.15, -0.1) is 0 Å². The number of carbonyl (C=O) groups excluding carboxylic acids is 2. The average molecular weight is 536 g/mol. The number of allylic oxidation sites excluding steroid dienone is 1. The lowest BCUT2D eigenvalue weighted by Gasteiger charge is -2.29. The minimum absolute atomic E-state index is 0.00549. The van der Waals surface area contributed by atoms with Gasteiger partial charge in [0, 0.05) is 25.3 Å². The smallest absolute Gasteiger partial charge is 0.286 e. The van der Waals surface area contributed by atoms with E-state index < -0.39 is 6.29 Å². The Labute approximate surface area is 226 Å². The molecular formula is C29H33N3O5S. The molecule has 0 bridgehead atoms. The Morgan fingerprint density at radius 2 is 1.87 bits per heavy atom. The van der Waals surface area contributed by atoms with Gasteiger partial charge in [-0.2, -0.15) is 11.3 Å². The van der Waals surface area contributed by atoms with Crippen LogP contribution in [0, 0.1) is 0 Å². The maximum absolute atomic E-state index is 12.9. The van der Waals surface area contributed by atoms with Crippen LogP contribution >= 0.6 is 11.3 Å². The third-order valence-electron chi connectivity index (χ3n) is 6.24. The van der Waals surface area contributed by atoms with Crippen molar-refractivity contribution in [2.75, 3.05) is 17.6 Å². The van der Waals surface area contributed by atoms with Gasteiger partial charge in [-0.25, -0.2) is 0 Å². The van der Waals surface area contributed by atoms with E-state index in [-0.39, 0.29) is 30.1 Å². The Hall–Kier alpha value is -3.66. The standard InChI is InChI=1S/C29H33N3O5S/c30-24-5-1-2-6-25(24)32-27(34)7-3-4-13-31-29(35)26-15-23(22-12-14-38-19-22)16-28(37-26)36-18-21-10-8-20(17-33)9-11-21/h1-2,5-6,8-12,14-15,19,23,28,33H,3-4,7,13,16-18,30H2,(H,31,35)(H,32,34). The fourth-order valence-electron chi connectivity index (χ4n) is 4.09. The maximum Gasteiger partial charge on any atom is 0.286 e. The number of hydrogen-bond donors (Lipinski definition) is 4. The van der Waals surface area contributed by atoms with Gasteiger partial charge in [-0.1, -0.05) is 36.4 Å². The molecule has 1 aromatic heterocycles. The first kappa shape index (κ1) is 27.4. The van der Waals surface area contributed by atoms with Crippen molar-refractivity contribution >= 4 is 34.5 Å². The van der Waals surface area contributed by atoms with E-state index >= 15 is 0 Å². The fourth-order valence-corrected chi connectivity index (χ4v) is 4.81. The predicted molar refractivity (Wildman–Crippen MR) is 148 cm³/mol. The largest absolute Gasteiger partial charge is 0.459 e. The quantitative estimate of drug-likeness (QED) is 0.197. The summed E-state index contributed by atoms with van der Waals surface area (Å²) in [6, 6.07) is 16.7. The molecule has 8 nitrogen and oxygen atoms in total. The number of nitrogens with one attached hydrogen (secondary N) is 2. The Morgan fingerprint density at radius 3 is 2.61 bits per heavy atom. The molecule has 0 radical (unpaired) electrons. The monoisotopic (exact) mass is 535 g/mol. The number of aliphatic hydroxyl groups is 1. The Kier molecular flexibility index (Phi) is 9.91. The van der Waals surface area contributed by atoms with Crippen LogP contribution in [0.1, 0.15) is 48.3 Å². The lowest BCUT2D eigenvalue weighted by atomic mass is 9.95. The van der Waals surface area contributed by atoms with Gasteiger partial charge in [0.05, 0.1) is 24.6 Å². The molecule has 4 rings (SSSR count). The zero-order valence-corrected chi connectivity index (χ0v) is 21.9. The number of amides is 2. The van der Waals surface area contributed by atoms with Gasteiger partial charge in [-0.3, -0.25) is 9.59 Å². The second-order valence-corrected chi connectivity index (χ2v) is 9.89. The number of anilines is 2. The van der Waals surface area contributed by atoms with E-state index in [0.29, 0.717) is 50.2 Å². The molecule has 2 aromatic carbocycles. The molecule has 2 amide bonds. The van der Waals surface area contributed by atoms with Crippen molar-refractivity contribution in [3.8, 4) is 0 Å². The molecule has 0 spiro atoms. The van der Waals surface area contributed by atoms with E-state index in [2.05, 4.69) is 16.0 Å². The normalized spacial score (nSPS) is 16.8. The third-order valence-corrected chi connectivity index (χ3v) is 6.95. The number of nitrogen functional groups attached to an aromatic ring is 1. The van der Waals surface area contributed by atoms with E-state index in [1.165, 1.54) is 0 Å². The molecule has 2 unspecified atom stereocenters.